The molecule has 0 radical (unpaired) electrons. The molecular weight excluding hydrogens is 825 g/mol. The summed E-state index contributed by atoms with van der Waals surface area (Å²) in [5.74, 6) is -0.332. The van der Waals surface area contributed by atoms with E-state index in [4.69, 9.17) is 9.97 Å². The van der Waals surface area contributed by atoms with Crippen molar-refractivity contribution in [3.05, 3.63) is 101 Å². The number of benzene rings is 1. The summed E-state index contributed by atoms with van der Waals surface area (Å²) in [6, 6.07) is 17.4. The third-order valence-electron chi connectivity index (χ3n) is 14.5. The third kappa shape index (κ3) is 8.74. The van der Waals surface area contributed by atoms with E-state index in [2.05, 4.69) is 52.8 Å². The van der Waals surface area contributed by atoms with Crippen LogP contribution in [0.15, 0.2) is 83.9 Å². The number of hydrogen-bond acceptors (Lipinski definition) is 13. The number of piperidine rings is 2. The first-order valence-corrected chi connectivity index (χ1v) is 23.1. The van der Waals surface area contributed by atoms with Crippen LogP contribution in [0.5, 0.6) is 0 Å². The zero-order valence-corrected chi connectivity index (χ0v) is 36.8. The predicted octanol–water partition coefficient (Wildman–Crippen LogP) is 4.56. The van der Waals surface area contributed by atoms with Gasteiger partial charge in [-0.2, -0.15) is 4.98 Å². The van der Waals surface area contributed by atoms with Gasteiger partial charge in [-0.3, -0.25) is 29.4 Å². The molecular formula is C48H56N12O5. The fourth-order valence-corrected chi connectivity index (χ4v) is 10.4. The second-order valence-electron chi connectivity index (χ2n) is 18.6. The highest BCUT2D eigenvalue weighted by atomic mass is 16.3. The van der Waals surface area contributed by atoms with Crippen molar-refractivity contribution in [3.63, 3.8) is 0 Å². The molecule has 65 heavy (non-hydrogen) atoms. The van der Waals surface area contributed by atoms with E-state index < -0.39 is 23.5 Å². The number of carbonyl (C=O) groups is 3. The number of rotatable bonds is 7. The molecule has 8 heterocycles. The summed E-state index contributed by atoms with van der Waals surface area (Å²) < 4.78 is 3.33. The van der Waals surface area contributed by atoms with Crippen molar-refractivity contribution in [2.75, 3.05) is 54.4 Å². The number of piperazine rings is 1. The SMILES string of the molecule is C[C@@]1(O)CC/C=C\Cn2c(=O)c3cnc(Nc4ccc(N5CCN(C6CCC7(CC6)CCN(c6ccc(C(=O)NC8CCC(=O)NC8=O)nc6)CC7)CC5)cc4)nc3n2-c2cccc1n2. The fraction of sp³-hybridized carbons (Fsp3) is 0.458. The number of aromatic nitrogens is 6. The summed E-state index contributed by atoms with van der Waals surface area (Å²) in [5.41, 5.74) is 3.33. The van der Waals surface area contributed by atoms with Gasteiger partial charge in [0.15, 0.2) is 11.5 Å². The van der Waals surface area contributed by atoms with Crippen LogP contribution >= 0.6 is 0 Å². The zero-order chi connectivity index (χ0) is 44.7. The van der Waals surface area contributed by atoms with Gasteiger partial charge in [-0.1, -0.05) is 18.2 Å². The monoisotopic (exact) mass is 880 g/mol. The molecule has 1 saturated carbocycles. The molecule has 1 spiro atoms. The van der Waals surface area contributed by atoms with E-state index in [0.717, 1.165) is 63.5 Å². The van der Waals surface area contributed by atoms with Crippen LogP contribution in [0.25, 0.3) is 16.9 Å². The number of hydrogen-bond donors (Lipinski definition) is 4. The number of imide groups is 1. The van der Waals surface area contributed by atoms with E-state index in [-0.39, 0.29) is 23.6 Å². The number of carbonyl (C=O) groups excluding carboxylic acids is 3. The highest BCUT2D eigenvalue weighted by Crippen LogP contribution is 2.46. The van der Waals surface area contributed by atoms with Gasteiger partial charge in [-0.15, -0.1) is 0 Å². The van der Waals surface area contributed by atoms with Crippen molar-refractivity contribution in [1.82, 2.24) is 44.8 Å². The molecule has 338 valence electrons. The van der Waals surface area contributed by atoms with Crippen LogP contribution in [0, 0.1) is 5.41 Å². The summed E-state index contributed by atoms with van der Waals surface area (Å²) in [5, 5.41) is 19.9. The molecule has 10 rings (SSSR count). The molecule has 5 aromatic rings. The number of amides is 3. The van der Waals surface area contributed by atoms with Gasteiger partial charge in [-0.25, -0.2) is 24.3 Å². The topological polar surface area (TPSA) is 196 Å². The predicted molar refractivity (Wildman–Crippen MR) is 246 cm³/mol. The summed E-state index contributed by atoms with van der Waals surface area (Å²) in [6.07, 6.45) is 16.2. The van der Waals surface area contributed by atoms with E-state index in [9.17, 15) is 24.3 Å². The van der Waals surface area contributed by atoms with E-state index >= 15 is 0 Å². The normalized spacial score (nSPS) is 23.4. The van der Waals surface area contributed by atoms with Crippen molar-refractivity contribution in [3.8, 4) is 5.82 Å². The minimum absolute atomic E-state index is 0.205. The molecule has 1 unspecified atom stereocenters. The second kappa shape index (κ2) is 17.5. The zero-order valence-electron chi connectivity index (χ0n) is 36.8. The van der Waals surface area contributed by atoms with Crippen LogP contribution < -0.4 is 31.3 Å². The number of pyridine rings is 2. The van der Waals surface area contributed by atoms with Gasteiger partial charge >= 0.3 is 0 Å². The molecule has 4 N–H and O–H groups in total. The number of allylic oxidation sites excluding steroid dienone is 2. The van der Waals surface area contributed by atoms with Gasteiger partial charge in [0.1, 0.15) is 22.7 Å². The minimum Gasteiger partial charge on any atom is -0.384 e. The van der Waals surface area contributed by atoms with Crippen LogP contribution in [-0.2, 0) is 21.7 Å². The molecule has 17 nitrogen and oxygen atoms in total. The van der Waals surface area contributed by atoms with Crippen molar-refractivity contribution in [2.45, 2.75) is 95.4 Å². The van der Waals surface area contributed by atoms with Gasteiger partial charge in [0.2, 0.25) is 17.8 Å². The molecule has 4 fully saturated rings. The maximum Gasteiger partial charge on any atom is 0.278 e. The summed E-state index contributed by atoms with van der Waals surface area (Å²) in [7, 11) is 0. The molecule has 4 aliphatic heterocycles. The molecule has 2 bridgehead atoms. The highest BCUT2D eigenvalue weighted by molar-refractivity contribution is 6.03. The van der Waals surface area contributed by atoms with Crippen molar-refractivity contribution >= 4 is 51.8 Å². The Labute approximate surface area is 376 Å². The highest BCUT2D eigenvalue weighted by Gasteiger charge is 2.40. The smallest absolute Gasteiger partial charge is 0.278 e. The average Bonchev–Trinajstić information content (AvgIpc) is 3.59. The van der Waals surface area contributed by atoms with Gasteiger partial charge in [0, 0.05) is 69.3 Å². The number of aliphatic hydroxyl groups is 1. The lowest BCUT2D eigenvalue weighted by atomic mass is 9.66. The van der Waals surface area contributed by atoms with Crippen molar-refractivity contribution in [2.24, 2.45) is 5.41 Å². The van der Waals surface area contributed by atoms with Crippen LogP contribution in [0.3, 0.4) is 0 Å². The fourth-order valence-electron chi connectivity index (χ4n) is 10.4. The first-order valence-electron chi connectivity index (χ1n) is 23.1. The van der Waals surface area contributed by atoms with Crippen molar-refractivity contribution in [1.29, 1.82) is 0 Å². The van der Waals surface area contributed by atoms with Gasteiger partial charge < -0.3 is 25.5 Å². The maximum atomic E-state index is 13.6. The Kier molecular flexibility index (Phi) is 11.4. The lowest BCUT2D eigenvalue weighted by Gasteiger charge is -2.49. The Bertz CT molecular complexity index is 2670. The summed E-state index contributed by atoms with van der Waals surface area (Å²) in [6.45, 7) is 8.08. The Balaban J connectivity index is 0.707. The minimum atomic E-state index is -1.12. The van der Waals surface area contributed by atoms with Gasteiger partial charge in [-0.05, 0) is 119 Å². The number of nitrogens with zero attached hydrogens (tertiary/aromatic N) is 9. The number of fused-ring (bicyclic) bond motifs is 6. The van der Waals surface area contributed by atoms with E-state index in [0.29, 0.717) is 65.8 Å². The first-order chi connectivity index (χ1) is 31.5. The molecule has 1 aromatic carbocycles. The van der Waals surface area contributed by atoms with Gasteiger partial charge in [0.05, 0.1) is 24.1 Å². The van der Waals surface area contributed by atoms with E-state index in [1.165, 1.54) is 31.4 Å². The average molecular weight is 881 g/mol. The van der Waals surface area contributed by atoms with E-state index in [1.807, 2.05) is 48.6 Å². The first kappa shape index (κ1) is 42.5. The Morgan fingerprint density at radius 1 is 0.800 bits per heavy atom. The second-order valence-corrected chi connectivity index (χ2v) is 18.6. The van der Waals surface area contributed by atoms with Crippen LogP contribution in [0.1, 0.15) is 87.3 Å². The van der Waals surface area contributed by atoms with Crippen LogP contribution in [0.4, 0.5) is 23.0 Å². The molecule has 2 atom stereocenters. The summed E-state index contributed by atoms with van der Waals surface area (Å²) >= 11 is 0. The molecule has 3 saturated heterocycles. The maximum absolute atomic E-state index is 13.6. The number of anilines is 4. The van der Waals surface area contributed by atoms with Crippen LogP contribution in [-0.4, -0.2) is 108 Å². The Morgan fingerprint density at radius 3 is 2.29 bits per heavy atom. The number of nitrogens with one attached hydrogen (secondary N) is 3. The lowest BCUT2D eigenvalue weighted by molar-refractivity contribution is -0.134. The summed E-state index contributed by atoms with van der Waals surface area (Å²) in [4.78, 5) is 75.9. The van der Waals surface area contributed by atoms with Gasteiger partial charge in [0.25, 0.3) is 11.5 Å². The Morgan fingerprint density at radius 2 is 1.55 bits per heavy atom. The van der Waals surface area contributed by atoms with Crippen LogP contribution in [0.2, 0.25) is 0 Å². The van der Waals surface area contributed by atoms with E-state index in [1.54, 1.807) is 34.7 Å². The molecule has 4 aromatic heterocycles. The molecule has 3 amide bonds. The lowest BCUT2D eigenvalue weighted by Crippen LogP contribution is -2.52. The quantitative estimate of drug-likeness (QED) is 0.131. The third-order valence-corrected chi connectivity index (χ3v) is 14.5. The standard InChI is InChI=1S/C48H56N12O5/c1-47(65)18-3-2-4-23-59-45(64)36-31-50-46(55-42(36)60(59)40-7-5-6-39(47)53-40)51-32-8-10-33(11-9-32)57-26-28-58(29-27-57)34-16-19-48(20-17-34)21-24-56(25-22-48)35-12-13-37(49-30-35)43(62)52-38-14-15-41(61)54-44(38)63/h2,4-13,30-31,34,38,65H,3,14-29H2,1H3,(H,52,62)(H,50,51,55)(H,54,61,63)/b4-2-/t38?,47-/m1/s1. The largest absolute Gasteiger partial charge is 0.384 e. The molecule has 1 aliphatic carbocycles. The van der Waals surface area contributed by atoms with Crippen molar-refractivity contribution < 1.29 is 19.5 Å². The molecule has 5 aliphatic rings. The Hall–Kier alpha value is -6.46. The molecule has 17 heteroatoms.